The van der Waals surface area contributed by atoms with Gasteiger partial charge in [0.25, 0.3) is 5.69 Å². The van der Waals surface area contributed by atoms with Crippen LogP contribution in [0.15, 0.2) is 35.1 Å². The lowest BCUT2D eigenvalue weighted by atomic mass is 10.1. The molecule has 3 rings (SSSR count). The zero-order chi connectivity index (χ0) is 21.3. The van der Waals surface area contributed by atoms with Gasteiger partial charge in [-0.3, -0.25) is 19.8 Å². The van der Waals surface area contributed by atoms with Crippen LogP contribution in [-0.4, -0.2) is 45.1 Å². The number of aromatic hydroxyl groups is 1. The summed E-state index contributed by atoms with van der Waals surface area (Å²) in [5, 5.41) is 25.0. The van der Waals surface area contributed by atoms with E-state index < -0.39 is 4.92 Å². The maximum atomic E-state index is 13.1. The van der Waals surface area contributed by atoms with Crippen LogP contribution >= 0.6 is 0 Å². The van der Waals surface area contributed by atoms with E-state index >= 15 is 0 Å². The molecule has 1 heterocycles. The number of rotatable bonds is 7. The smallest absolute Gasteiger partial charge is 0.293 e. The normalized spacial score (nSPS) is 11.8. The lowest BCUT2D eigenvalue weighted by Crippen LogP contribution is -2.40. The number of hydrogen-bond donors (Lipinski definition) is 3. The van der Waals surface area contributed by atoms with Crippen molar-refractivity contribution in [3.05, 3.63) is 50.7 Å². The molecule has 154 valence electrons. The first kappa shape index (κ1) is 20.6. The van der Waals surface area contributed by atoms with Gasteiger partial charge in [0.05, 0.1) is 15.8 Å². The predicted octanol–water partition coefficient (Wildman–Crippen LogP) is 3.83. The zero-order valence-corrected chi connectivity index (χ0v) is 17.0. The number of benzene rings is 2. The van der Waals surface area contributed by atoms with Crippen molar-refractivity contribution in [3.8, 4) is 5.75 Å². The van der Waals surface area contributed by atoms with Crippen molar-refractivity contribution in [1.82, 2.24) is 9.88 Å². The standard InChI is InChI=1S/C21H26N4O4/c1-12(2)24(13(3)4)10-9-22-17-7-8-18(25(28)29)20-19(17)21(27)15-11-14(26)5-6-16(15)23-20/h5-8,11-13,22,26H,9-10H2,1-4H3,(H,23,27). The van der Waals surface area contributed by atoms with E-state index in [1.54, 1.807) is 12.1 Å². The highest BCUT2D eigenvalue weighted by atomic mass is 16.6. The van der Waals surface area contributed by atoms with Crippen molar-refractivity contribution in [2.45, 2.75) is 39.8 Å². The first-order valence-corrected chi connectivity index (χ1v) is 9.66. The first-order chi connectivity index (χ1) is 13.7. The van der Waals surface area contributed by atoms with Crippen molar-refractivity contribution in [2.24, 2.45) is 0 Å². The number of fused-ring (bicyclic) bond motifs is 2. The van der Waals surface area contributed by atoms with Crippen LogP contribution in [0.3, 0.4) is 0 Å². The second-order valence-corrected chi connectivity index (χ2v) is 7.68. The molecule has 0 aliphatic rings. The molecule has 0 saturated heterocycles. The highest BCUT2D eigenvalue weighted by molar-refractivity contribution is 6.03. The van der Waals surface area contributed by atoms with E-state index in [1.165, 1.54) is 18.2 Å². The Morgan fingerprint density at radius 1 is 1.17 bits per heavy atom. The third kappa shape index (κ3) is 4.02. The van der Waals surface area contributed by atoms with E-state index in [0.29, 0.717) is 29.8 Å². The van der Waals surface area contributed by atoms with Crippen LogP contribution in [-0.2, 0) is 0 Å². The number of phenols is 1. The molecule has 0 fully saturated rings. The Labute approximate surface area is 168 Å². The third-order valence-corrected chi connectivity index (χ3v) is 5.13. The Morgan fingerprint density at radius 2 is 1.86 bits per heavy atom. The second-order valence-electron chi connectivity index (χ2n) is 7.68. The number of aromatic nitrogens is 1. The summed E-state index contributed by atoms with van der Waals surface area (Å²) < 4.78 is 0. The van der Waals surface area contributed by atoms with Crippen molar-refractivity contribution in [1.29, 1.82) is 0 Å². The van der Waals surface area contributed by atoms with Crippen molar-refractivity contribution >= 4 is 33.2 Å². The van der Waals surface area contributed by atoms with Crippen LogP contribution in [0.5, 0.6) is 5.75 Å². The number of pyridine rings is 1. The molecule has 0 amide bonds. The number of aromatic amines is 1. The van der Waals surface area contributed by atoms with E-state index in [0.717, 1.165) is 6.54 Å². The van der Waals surface area contributed by atoms with Crippen LogP contribution in [0, 0.1) is 10.1 Å². The highest BCUT2D eigenvalue weighted by Crippen LogP contribution is 2.30. The molecule has 0 aliphatic carbocycles. The average molecular weight is 398 g/mol. The maximum Gasteiger partial charge on any atom is 0.293 e. The van der Waals surface area contributed by atoms with Crippen LogP contribution in [0.2, 0.25) is 0 Å². The van der Waals surface area contributed by atoms with E-state index in [9.17, 15) is 20.0 Å². The molecule has 2 aromatic carbocycles. The van der Waals surface area contributed by atoms with Gasteiger partial charge in [0.1, 0.15) is 11.3 Å². The van der Waals surface area contributed by atoms with E-state index in [2.05, 4.69) is 42.9 Å². The van der Waals surface area contributed by atoms with Crippen molar-refractivity contribution in [2.75, 3.05) is 18.4 Å². The Morgan fingerprint density at radius 3 is 2.48 bits per heavy atom. The average Bonchev–Trinajstić information content (AvgIpc) is 2.64. The van der Waals surface area contributed by atoms with Crippen LogP contribution in [0.1, 0.15) is 27.7 Å². The largest absolute Gasteiger partial charge is 0.508 e. The van der Waals surface area contributed by atoms with Gasteiger partial charge >= 0.3 is 0 Å². The molecule has 0 spiro atoms. The summed E-state index contributed by atoms with van der Waals surface area (Å²) >= 11 is 0. The molecule has 3 aromatic rings. The summed E-state index contributed by atoms with van der Waals surface area (Å²) in [5.41, 5.74) is 0.618. The number of non-ortho nitro benzene ring substituents is 1. The van der Waals surface area contributed by atoms with Gasteiger partial charge in [-0.25, -0.2) is 0 Å². The van der Waals surface area contributed by atoms with Gasteiger partial charge < -0.3 is 15.4 Å². The minimum absolute atomic E-state index is 0.0354. The Balaban J connectivity index is 2.09. The summed E-state index contributed by atoms with van der Waals surface area (Å²) in [7, 11) is 0. The summed E-state index contributed by atoms with van der Waals surface area (Å²) in [4.78, 5) is 29.5. The van der Waals surface area contributed by atoms with Gasteiger partial charge in [-0.2, -0.15) is 0 Å². The maximum absolute atomic E-state index is 13.1. The number of phenolic OH excluding ortho intramolecular Hbond substituents is 1. The SMILES string of the molecule is CC(C)N(CCNc1ccc([N+](=O)[O-])c2[nH]c3ccc(O)cc3c(=O)c12)C(C)C. The fourth-order valence-corrected chi connectivity index (χ4v) is 3.78. The molecule has 8 heteroatoms. The van der Waals surface area contributed by atoms with Crippen LogP contribution < -0.4 is 10.7 Å². The van der Waals surface area contributed by atoms with Gasteiger partial charge in [-0.05, 0) is 52.0 Å². The summed E-state index contributed by atoms with van der Waals surface area (Å²) in [6, 6.07) is 8.06. The summed E-state index contributed by atoms with van der Waals surface area (Å²) in [6.07, 6.45) is 0. The third-order valence-electron chi connectivity index (χ3n) is 5.13. The number of anilines is 1. The predicted molar refractivity (Wildman–Crippen MR) is 116 cm³/mol. The Bertz CT molecular complexity index is 1110. The van der Waals surface area contributed by atoms with Crippen LogP contribution in [0.4, 0.5) is 11.4 Å². The van der Waals surface area contributed by atoms with Crippen LogP contribution in [0.25, 0.3) is 21.8 Å². The number of nitrogens with one attached hydrogen (secondary N) is 2. The Hall–Kier alpha value is -3.13. The van der Waals surface area contributed by atoms with Crippen molar-refractivity contribution < 1.29 is 10.0 Å². The molecule has 3 N–H and O–H groups in total. The molecule has 29 heavy (non-hydrogen) atoms. The summed E-state index contributed by atoms with van der Waals surface area (Å²) in [6.45, 7) is 9.87. The van der Waals surface area contributed by atoms with Gasteiger partial charge in [-0.15, -0.1) is 0 Å². The topological polar surface area (TPSA) is 112 Å². The zero-order valence-electron chi connectivity index (χ0n) is 17.0. The number of H-pyrrole nitrogens is 1. The van der Waals surface area contributed by atoms with E-state index in [-0.39, 0.29) is 33.2 Å². The number of nitrogens with zero attached hydrogens (tertiary/aromatic N) is 2. The minimum atomic E-state index is -0.506. The fourth-order valence-electron chi connectivity index (χ4n) is 3.78. The quantitative estimate of drug-likeness (QED) is 0.317. The molecule has 0 unspecified atom stereocenters. The highest BCUT2D eigenvalue weighted by Gasteiger charge is 2.20. The van der Waals surface area contributed by atoms with Gasteiger partial charge in [0, 0.05) is 42.3 Å². The fraction of sp³-hybridized carbons (Fsp3) is 0.381. The minimum Gasteiger partial charge on any atom is -0.508 e. The first-order valence-electron chi connectivity index (χ1n) is 9.66. The number of nitro benzene ring substituents is 1. The van der Waals surface area contributed by atoms with E-state index in [4.69, 9.17) is 0 Å². The molecule has 0 bridgehead atoms. The molecule has 0 saturated carbocycles. The molecule has 0 aliphatic heterocycles. The van der Waals surface area contributed by atoms with Gasteiger partial charge in [-0.1, -0.05) is 0 Å². The molecule has 1 aromatic heterocycles. The van der Waals surface area contributed by atoms with E-state index in [1.807, 2.05) is 0 Å². The lowest BCUT2D eigenvalue weighted by Gasteiger charge is -2.30. The molecule has 0 atom stereocenters. The number of nitro groups is 1. The summed E-state index contributed by atoms with van der Waals surface area (Å²) in [5.74, 6) is -0.0354. The molecular formula is C21H26N4O4. The van der Waals surface area contributed by atoms with Gasteiger partial charge in [0.2, 0.25) is 0 Å². The monoisotopic (exact) mass is 398 g/mol. The van der Waals surface area contributed by atoms with Crippen molar-refractivity contribution in [3.63, 3.8) is 0 Å². The lowest BCUT2D eigenvalue weighted by molar-refractivity contribution is -0.383. The molecule has 0 radical (unpaired) electrons. The Kier molecular flexibility index (Phi) is 5.74. The molecule has 8 nitrogen and oxygen atoms in total. The van der Waals surface area contributed by atoms with Gasteiger partial charge in [0.15, 0.2) is 5.43 Å². The second kappa shape index (κ2) is 8.08. The molecular weight excluding hydrogens is 372 g/mol. The number of hydrogen-bond acceptors (Lipinski definition) is 6.